The van der Waals surface area contributed by atoms with Crippen LogP contribution in [0.15, 0.2) is 42.7 Å². The SMILES string of the molecule is Fc1cc(NC2C3CN(Cc4ccccc4)CC32)ncn1. The molecular formula is C16H17FN4. The van der Waals surface area contributed by atoms with Gasteiger partial charge in [-0.15, -0.1) is 0 Å². The highest BCUT2D eigenvalue weighted by molar-refractivity contribution is 5.38. The number of benzene rings is 1. The van der Waals surface area contributed by atoms with Crippen molar-refractivity contribution < 1.29 is 4.39 Å². The quantitative estimate of drug-likeness (QED) is 0.874. The summed E-state index contributed by atoms with van der Waals surface area (Å²) in [5.74, 6) is 1.43. The molecule has 5 heteroatoms. The topological polar surface area (TPSA) is 41.0 Å². The predicted octanol–water partition coefficient (Wildman–Crippen LogP) is 2.16. The van der Waals surface area contributed by atoms with Gasteiger partial charge in [0.1, 0.15) is 12.1 Å². The summed E-state index contributed by atoms with van der Waals surface area (Å²) in [6.45, 7) is 3.22. The average molecular weight is 284 g/mol. The first-order valence-electron chi connectivity index (χ1n) is 7.30. The summed E-state index contributed by atoms with van der Waals surface area (Å²) in [6, 6.07) is 12.3. The van der Waals surface area contributed by atoms with Crippen LogP contribution in [0.3, 0.4) is 0 Å². The molecule has 21 heavy (non-hydrogen) atoms. The van der Waals surface area contributed by atoms with Gasteiger partial charge < -0.3 is 5.32 Å². The van der Waals surface area contributed by atoms with Gasteiger partial charge in [0.15, 0.2) is 0 Å². The zero-order valence-electron chi connectivity index (χ0n) is 11.6. The second kappa shape index (κ2) is 5.07. The molecule has 0 spiro atoms. The van der Waals surface area contributed by atoms with E-state index in [9.17, 15) is 4.39 Å². The first-order chi connectivity index (χ1) is 10.3. The molecule has 1 aliphatic carbocycles. The van der Waals surface area contributed by atoms with Crippen LogP contribution in [0.2, 0.25) is 0 Å². The number of nitrogens with zero attached hydrogens (tertiary/aromatic N) is 3. The van der Waals surface area contributed by atoms with Crippen LogP contribution < -0.4 is 5.32 Å². The molecule has 2 atom stereocenters. The molecule has 108 valence electrons. The van der Waals surface area contributed by atoms with Crippen molar-refractivity contribution in [3.63, 3.8) is 0 Å². The summed E-state index contributed by atoms with van der Waals surface area (Å²) in [4.78, 5) is 10.0. The van der Waals surface area contributed by atoms with Gasteiger partial charge in [0.2, 0.25) is 5.95 Å². The maximum absolute atomic E-state index is 13.0. The highest BCUT2D eigenvalue weighted by atomic mass is 19.1. The Kier molecular flexibility index (Phi) is 3.07. The molecule has 2 aromatic rings. The Labute approximate surface area is 123 Å². The van der Waals surface area contributed by atoms with E-state index < -0.39 is 5.95 Å². The lowest BCUT2D eigenvalue weighted by molar-refractivity contribution is 0.292. The number of aromatic nitrogens is 2. The first-order valence-corrected chi connectivity index (χ1v) is 7.30. The minimum absolute atomic E-state index is 0.436. The summed E-state index contributed by atoms with van der Waals surface area (Å²) >= 11 is 0. The normalized spacial score (nSPS) is 27.4. The molecule has 2 heterocycles. The zero-order chi connectivity index (χ0) is 14.2. The Morgan fingerprint density at radius 2 is 1.90 bits per heavy atom. The van der Waals surface area contributed by atoms with E-state index in [0.29, 0.717) is 23.7 Å². The molecule has 1 aromatic heterocycles. The van der Waals surface area contributed by atoms with Gasteiger partial charge in [-0.25, -0.2) is 9.97 Å². The van der Waals surface area contributed by atoms with Crippen molar-refractivity contribution in [1.82, 2.24) is 14.9 Å². The fraction of sp³-hybridized carbons (Fsp3) is 0.375. The number of halogens is 1. The summed E-state index contributed by atoms with van der Waals surface area (Å²) in [7, 11) is 0. The van der Waals surface area contributed by atoms with Crippen LogP contribution in [0.1, 0.15) is 5.56 Å². The maximum atomic E-state index is 13.0. The Morgan fingerprint density at radius 3 is 2.62 bits per heavy atom. The fourth-order valence-corrected chi connectivity index (χ4v) is 3.38. The minimum atomic E-state index is -0.482. The molecule has 1 N–H and O–H groups in total. The van der Waals surface area contributed by atoms with Crippen LogP contribution in [0, 0.1) is 17.8 Å². The minimum Gasteiger partial charge on any atom is -0.366 e. The van der Waals surface area contributed by atoms with Gasteiger partial charge in [-0.05, 0) is 17.4 Å². The third-order valence-corrected chi connectivity index (χ3v) is 4.47. The zero-order valence-corrected chi connectivity index (χ0v) is 11.6. The molecule has 4 nitrogen and oxygen atoms in total. The van der Waals surface area contributed by atoms with Crippen LogP contribution in [0.4, 0.5) is 10.2 Å². The molecule has 1 aliphatic heterocycles. The second-order valence-electron chi connectivity index (χ2n) is 5.90. The van der Waals surface area contributed by atoms with E-state index in [1.54, 1.807) is 0 Å². The van der Waals surface area contributed by atoms with Crippen molar-refractivity contribution in [2.45, 2.75) is 12.6 Å². The fourth-order valence-electron chi connectivity index (χ4n) is 3.38. The number of fused-ring (bicyclic) bond motifs is 1. The Bertz CT molecular complexity index is 621. The molecule has 0 amide bonds. The smallest absolute Gasteiger partial charge is 0.217 e. The van der Waals surface area contributed by atoms with Gasteiger partial charge in [-0.1, -0.05) is 30.3 Å². The van der Waals surface area contributed by atoms with Crippen LogP contribution >= 0.6 is 0 Å². The number of hydrogen-bond donors (Lipinski definition) is 1. The molecule has 4 rings (SSSR count). The van der Waals surface area contributed by atoms with E-state index in [1.807, 2.05) is 6.07 Å². The Morgan fingerprint density at radius 1 is 1.14 bits per heavy atom. The molecular weight excluding hydrogens is 267 g/mol. The summed E-state index contributed by atoms with van der Waals surface area (Å²) < 4.78 is 13.0. The van der Waals surface area contributed by atoms with Crippen molar-refractivity contribution in [2.75, 3.05) is 18.4 Å². The lowest BCUT2D eigenvalue weighted by Crippen LogP contribution is -2.27. The predicted molar refractivity (Wildman–Crippen MR) is 78.1 cm³/mol. The van der Waals surface area contributed by atoms with Crippen molar-refractivity contribution in [3.05, 3.63) is 54.2 Å². The van der Waals surface area contributed by atoms with Crippen LogP contribution in [-0.4, -0.2) is 34.0 Å². The van der Waals surface area contributed by atoms with Crippen molar-refractivity contribution in [2.24, 2.45) is 11.8 Å². The number of piperidine rings is 1. The summed E-state index contributed by atoms with van der Waals surface area (Å²) in [5, 5.41) is 3.33. The summed E-state index contributed by atoms with van der Waals surface area (Å²) in [6.07, 6.45) is 1.26. The molecule has 1 aromatic carbocycles. The van der Waals surface area contributed by atoms with Crippen LogP contribution in [-0.2, 0) is 6.54 Å². The molecule has 2 unspecified atom stereocenters. The monoisotopic (exact) mass is 284 g/mol. The Hall–Kier alpha value is -2.01. The standard InChI is InChI=1S/C16H17FN4/c17-14-6-15(19-10-18-14)20-16-12-8-21(9-13(12)16)7-11-4-2-1-3-5-11/h1-6,10,12-13,16H,7-9H2,(H,18,19,20). The summed E-state index contributed by atoms with van der Waals surface area (Å²) in [5.41, 5.74) is 1.36. The highest BCUT2D eigenvalue weighted by Crippen LogP contribution is 2.47. The van der Waals surface area contributed by atoms with Gasteiger partial charge in [-0.2, -0.15) is 4.39 Å². The van der Waals surface area contributed by atoms with Crippen molar-refractivity contribution in [3.8, 4) is 0 Å². The van der Waals surface area contributed by atoms with E-state index in [1.165, 1.54) is 18.0 Å². The molecule has 2 aliphatic rings. The lowest BCUT2D eigenvalue weighted by Gasteiger charge is -2.20. The molecule has 0 bridgehead atoms. The van der Waals surface area contributed by atoms with E-state index >= 15 is 0 Å². The highest BCUT2D eigenvalue weighted by Gasteiger charge is 2.55. The second-order valence-corrected chi connectivity index (χ2v) is 5.90. The van der Waals surface area contributed by atoms with E-state index in [4.69, 9.17) is 0 Å². The van der Waals surface area contributed by atoms with Gasteiger partial charge in [0.05, 0.1) is 0 Å². The van der Waals surface area contributed by atoms with Gasteiger partial charge in [-0.3, -0.25) is 4.90 Å². The van der Waals surface area contributed by atoms with Gasteiger partial charge in [0.25, 0.3) is 0 Å². The van der Waals surface area contributed by atoms with E-state index in [-0.39, 0.29) is 0 Å². The molecule has 1 saturated carbocycles. The van der Waals surface area contributed by atoms with Crippen LogP contribution in [0.5, 0.6) is 0 Å². The number of nitrogens with one attached hydrogen (secondary N) is 1. The maximum Gasteiger partial charge on any atom is 0.217 e. The van der Waals surface area contributed by atoms with Gasteiger partial charge in [0, 0.05) is 31.7 Å². The number of rotatable bonds is 4. The third kappa shape index (κ3) is 2.61. The first kappa shape index (κ1) is 12.7. The molecule has 0 radical (unpaired) electrons. The van der Waals surface area contributed by atoms with Gasteiger partial charge >= 0.3 is 0 Å². The van der Waals surface area contributed by atoms with Crippen molar-refractivity contribution >= 4 is 5.82 Å². The molecule has 2 fully saturated rings. The average Bonchev–Trinajstić information content (AvgIpc) is 2.94. The number of anilines is 1. The number of hydrogen-bond acceptors (Lipinski definition) is 4. The van der Waals surface area contributed by atoms with Crippen molar-refractivity contribution in [1.29, 1.82) is 0 Å². The van der Waals surface area contributed by atoms with E-state index in [2.05, 4.69) is 44.5 Å². The Balaban J connectivity index is 1.31. The third-order valence-electron chi connectivity index (χ3n) is 4.47. The number of likely N-dealkylation sites (tertiary alicyclic amines) is 1. The molecule has 1 saturated heterocycles. The lowest BCUT2D eigenvalue weighted by atomic mass is 10.2. The van der Waals surface area contributed by atoms with Crippen LogP contribution in [0.25, 0.3) is 0 Å². The largest absolute Gasteiger partial charge is 0.366 e. The van der Waals surface area contributed by atoms with E-state index in [0.717, 1.165) is 19.6 Å².